The molecule has 0 radical (unpaired) electrons. The van der Waals surface area contributed by atoms with E-state index in [1.165, 1.54) is 13.2 Å². The third-order valence-electron chi connectivity index (χ3n) is 2.80. The highest BCUT2D eigenvalue weighted by Gasteiger charge is 2.12. The van der Waals surface area contributed by atoms with Gasteiger partial charge in [-0.2, -0.15) is 5.26 Å². The number of nitriles is 1. The second-order valence-corrected chi connectivity index (χ2v) is 5.19. The Morgan fingerprint density at radius 3 is 2.73 bits per heavy atom. The number of esters is 1. The van der Waals surface area contributed by atoms with Gasteiger partial charge in [-0.25, -0.2) is 4.79 Å². The summed E-state index contributed by atoms with van der Waals surface area (Å²) in [6.45, 7) is 0. The van der Waals surface area contributed by atoms with Gasteiger partial charge in [-0.1, -0.05) is 28.1 Å². The minimum Gasteiger partial charge on any atom is -0.493 e. The minimum absolute atomic E-state index is 0.321. The van der Waals surface area contributed by atoms with Crippen molar-refractivity contribution < 1.29 is 14.3 Å². The SMILES string of the molecule is COc1cc(/C=C\C#N)ccc1OC(=O)c1cccc(Br)c1. The van der Waals surface area contributed by atoms with Crippen LogP contribution in [0.15, 0.2) is 53.0 Å². The molecule has 2 aromatic rings. The monoisotopic (exact) mass is 357 g/mol. The van der Waals surface area contributed by atoms with E-state index in [1.807, 2.05) is 12.1 Å². The first-order valence-corrected chi connectivity index (χ1v) is 7.15. The zero-order valence-electron chi connectivity index (χ0n) is 11.7. The molecule has 0 N–H and O–H groups in total. The maximum Gasteiger partial charge on any atom is 0.343 e. The number of hydrogen-bond donors (Lipinski definition) is 0. The van der Waals surface area contributed by atoms with Crippen LogP contribution in [0.25, 0.3) is 6.08 Å². The number of halogens is 1. The molecule has 0 fully saturated rings. The van der Waals surface area contributed by atoms with Crippen molar-refractivity contribution in [3.63, 3.8) is 0 Å². The van der Waals surface area contributed by atoms with E-state index in [4.69, 9.17) is 14.7 Å². The molecule has 2 rings (SSSR count). The van der Waals surface area contributed by atoms with Gasteiger partial charge >= 0.3 is 5.97 Å². The van der Waals surface area contributed by atoms with Gasteiger partial charge in [-0.3, -0.25) is 0 Å². The van der Waals surface area contributed by atoms with Crippen molar-refractivity contribution in [2.45, 2.75) is 0 Å². The van der Waals surface area contributed by atoms with Crippen LogP contribution < -0.4 is 9.47 Å². The molecule has 0 aliphatic heterocycles. The first kappa shape index (κ1) is 15.8. The van der Waals surface area contributed by atoms with Crippen molar-refractivity contribution in [3.8, 4) is 17.6 Å². The summed E-state index contributed by atoms with van der Waals surface area (Å²) in [5, 5.41) is 8.53. The van der Waals surface area contributed by atoms with E-state index in [0.717, 1.165) is 10.0 Å². The van der Waals surface area contributed by atoms with Gasteiger partial charge in [0.1, 0.15) is 0 Å². The van der Waals surface area contributed by atoms with Crippen molar-refractivity contribution in [1.82, 2.24) is 0 Å². The smallest absolute Gasteiger partial charge is 0.343 e. The molecule has 0 spiro atoms. The maximum atomic E-state index is 12.1. The quantitative estimate of drug-likeness (QED) is 0.467. The summed E-state index contributed by atoms with van der Waals surface area (Å²) in [6.07, 6.45) is 3.00. The number of hydrogen-bond acceptors (Lipinski definition) is 4. The molecule has 0 unspecified atom stereocenters. The Hall–Kier alpha value is -2.58. The third kappa shape index (κ3) is 3.96. The van der Waals surface area contributed by atoms with Crippen LogP contribution in [0.4, 0.5) is 0 Å². The third-order valence-corrected chi connectivity index (χ3v) is 3.29. The summed E-state index contributed by atoms with van der Waals surface area (Å²) < 4.78 is 11.4. The second-order valence-electron chi connectivity index (χ2n) is 4.27. The maximum absolute atomic E-state index is 12.1. The molecule has 0 aliphatic rings. The van der Waals surface area contributed by atoms with Gasteiger partial charge in [0.2, 0.25) is 0 Å². The molecule has 0 amide bonds. The molecule has 22 heavy (non-hydrogen) atoms. The lowest BCUT2D eigenvalue weighted by atomic mass is 10.2. The van der Waals surface area contributed by atoms with Gasteiger partial charge in [0.25, 0.3) is 0 Å². The Morgan fingerprint density at radius 1 is 1.23 bits per heavy atom. The average molecular weight is 358 g/mol. The topological polar surface area (TPSA) is 59.3 Å². The standard InChI is InChI=1S/C17H12BrNO3/c1-21-16-10-12(4-3-9-19)7-8-15(16)22-17(20)13-5-2-6-14(18)11-13/h2-8,10-11H,1H3/b4-3-. The number of benzene rings is 2. The molecule has 0 saturated carbocycles. The molecule has 0 heterocycles. The van der Waals surface area contributed by atoms with E-state index in [2.05, 4.69) is 15.9 Å². The lowest BCUT2D eigenvalue weighted by molar-refractivity contribution is 0.0729. The Bertz CT molecular complexity index is 763. The summed E-state index contributed by atoms with van der Waals surface area (Å²) in [4.78, 5) is 12.1. The van der Waals surface area contributed by atoms with Crippen molar-refractivity contribution in [2.75, 3.05) is 7.11 Å². The van der Waals surface area contributed by atoms with Crippen molar-refractivity contribution in [3.05, 3.63) is 64.1 Å². The van der Waals surface area contributed by atoms with Crippen LogP contribution in [0, 0.1) is 11.3 Å². The number of methoxy groups -OCH3 is 1. The first-order chi connectivity index (χ1) is 10.6. The predicted octanol–water partition coefficient (Wildman–Crippen LogP) is 4.21. The van der Waals surface area contributed by atoms with Crippen molar-refractivity contribution in [1.29, 1.82) is 5.26 Å². The highest BCUT2D eigenvalue weighted by atomic mass is 79.9. The highest BCUT2D eigenvalue weighted by molar-refractivity contribution is 9.10. The summed E-state index contributed by atoms with van der Waals surface area (Å²) in [6, 6.07) is 13.9. The number of carbonyl (C=O) groups excluding carboxylic acids is 1. The van der Waals surface area contributed by atoms with Crippen LogP contribution in [-0.4, -0.2) is 13.1 Å². The van der Waals surface area contributed by atoms with Gasteiger partial charge < -0.3 is 9.47 Å². The molecule has 5 heteroatoms. The van der Waals surface area contributed by atoms with E-state index in [1.54, 1.807) is 42.5 Å². The number of allylic oxidation sites excluding steroid dienone is 1. The van der Waals surface area contributed by atoms with Crippen molar-refractivity contribution >= 4 is 28.0 Å². The number of carbonyl (C=O) groups is 1. The summed E-state index contributed by atoms with van der Waals surface area (Å²) in [5.74, 6) is 0.268. The van der Waals surface area contributed by atoms with Crippen LogP contribution in [0.5, 0.6) is 11.5 Å². The number of ether oxygens (including phenoxy) is 2. The fourth-order valence-corrected chi connectivity index (χ4v) is 2.18. The van der Waals surface area contributed by atoms with E-state index in [0.29, 0.717) is 17.1 Å². The molecular weight excluding hydrogens is 346 g/mol. The fourth-order valence-electron chi connectivity index (χ4n) is 1.78. The zero-order valence-corrected chi connectivity index (χ0v) is 13.3. The summed E-state index contributed by atoms with van der Waals surface area (Å²) in [7, 11) is 1.49. The predicted molar refractivity (Wildman–Crippen MR) is 86.7 cm³/mol. The molecule has 110 valence electrons. The van der Waals surface area contributed by atoms with Gasteiger partial charge in [-0.05, 0) is 42.0 Å². The van der Waals surface area contributed by atoms with Gasteiger partial charge in [-0.15, -0.1) is 0 Å². The lowest BCUT2D eigenvalue weighted by Crippen LogP contribution is -2.09. The molecular formula is C17H12BrNO3. The Kier molecular flexibility index (Phi) is 5.34. The van der Waals surface area contributed by atoms with Crippen LogP contribution in [0.1, 0.15) is 15.9 Å². The van der Waals surface area contributed by atoms with E-state index in [-0.39, 0.29) is 0 Å². The Morgan fingerprint density at radius 2 is 2.05 bits per heavy atom. The highest BCUT2D eigenvalue weighted by Crippen LogP contribution is 2.29. The summed E-state index contributed by atoms with van der Waals surface area (Å²) >= 11 is 3.31. The van der Waals surface area contributed by atoms with Gasteiger partial charge in [0, 0.05) is 10.5 Å². The fraction of sp³-hybridized carbons (Fsp3) is 0.0588. The van der Waals surface area contributed by atoms with E-state index >= 15 is 0 Å². The summed E-state index contributed by atoms with van der Waals surface area (Å²) in [5.41, 5.74) is 1.21. The Labute approximate surface area is 136 Å². The first-order valence-electron chi connectivity index (χ1n) is 6.36. The zero-order chi connectivity index (χ0) is 15.9. The van der Waals surface area contributed by atoms with Gasteiger partial charge in [0.05, 0.1) is 18.7 Å². The van der Waals surface area contributed by atoms with Crippen LogP contribution >= 0.6 is 15.9 Å². The molecule has 0 aromatic heterocycles. The lowest BCUT2D eigenvalue weighted by Gasteiger charge is -2.10. The van der Waals surface area contributed by atoms with E-state index in [9.17, 15) is 4.79 Å². The minimum atomic E-state index is -0.472. The largest absolute Gasteiger partial charge is 0.493 e. The number of nitrogens with zero attached hydrogens (tertiary/aromatic N) is 1. The normalized spacial score (nSPS) is 10.2. The van der Waals surface area contributed by atoms with Crippen LogP contribution in [0.3, 0.4) is 0 Å². The molecule has 0 bridgehead atoms. The molecule has 0 atom stereocenters. The average Bonchev–Trinajstić information content (AvgIpc) is 2.53. The van der Waals surface area contributed by atoms with Gasteiger partial charge in [0.15, 0.2) is 11.5 Å². The Balaban J connectivity index is 2.24. The van der Waals surface area contributed by atoms with Crippen LogP contribution in [0.2, 0.25) is 0 Å². The molecule has 2 aromatic carbocycles. The molecule has 0 saturated heterocycles. The van der Waals surface area contributed by atoms with E-state index < -0.39 is 5.97 Å². The van der Waals surface area contributed by atoms with Crippen LogP contribution in [-0.2, 0) is 0 Å². The number of rotatable bonds is 4. The van der Waals surface area contributed by atoms with Crippen molar-refractivity contribution in [2.24, 2.45) is 0 Å². The second kappa shape index (κ2) is 7.43. The molecule has 0 aliphatic carbocycles. The molecule has 4 nitrogen and oxygen atoms in total.